The molecule has 16 heavy (non-hydrogen) atoms. The zero-order chi connectivity index (χ0) is 12.1. The third-order valence-electron chi connectivity index (χ3n) is 2.10. The molecule has 0 unspecified atom stereocenters. The van der Waals surface area contributed by atoms with Crippen LogP contribution in [0.25, 0.3) is 0 Å². The van der Waals surface area contributed by atoms with Gasteiger partial charge in [0.25, 0.3) is 0 Å². The van der Waals surface area contributed by atoms with Crippen LogP contribution in [-0.2, 0) is 11.2 Å². The molecule has 0 aliphatic heterocycles. The van der Waals surface area contributed by atoms with Gasteiger partial charge in [0.2, 0.25) is 5.91 Å². The van der Waals surface area contributed by atoms with Gasteiger partial charge in [-0.05, 0) is 13.8 Å². The van der Waals surface area contributed by atoms with Crippen molar-refractivity contribution < 1.29 is 4.79 Å². The number of carbonyl (C=O) groups excluding carboxylic acids is 1. The predicted molar refractivity (Wildman–Crippen MR) is 67.3 cm³/mol. The van der Waals surface area contributed by atoms with Gasteiger partial charge in [-0.2, -0.15) is 0 Å². The van der Waals surface area contributed by atoms with Gasteiger partial charge in [-0.15, -0.1) is 11.3 Å². The Labute approximate surface area is 99.8 Å². The molecule has 1 aromatic rings. The first-order chi connectivity index (χ1) is 7.52. The Morgan fingerprint density at radius 3 is 2.81 bits per heavy atom. The summed E-state index contributed by atoms with van der Waals surface area (Å²) in [6.45, 7) is 8.97. The molecule has 0 radical (unpaired) electrons. The van der Waals surface area contributed by atoms with Crippen LogP contribution in [0.1, 0.15) is 19.5 Å². The van der Waals surface area contributed by atoms with E-state index in [2.05, 4.69) is 11.6 Å². The maximum atomic E-state index is 11.9. The quantitative estimate of drug-likeness (QED) is 0.795. The minimum atomic E-state index is 0.0656. The Hall–Kier alpha value is -1.36. The largest absolute Gasteiger partial charge is 0.375 e. The maximum absolute atomic E-state index is 11.9. The number of nitrogen functional groups attached to an aromatic ring is 1. The van der Waals surface area contributed by atoms with Gasteiger partial charge in [-0.25, -0.2) is 4.98 Å². The number of hydrogen-bond donors (Lipinski definition) is 1. The lowest BCUT2D eigenvalue weighted by Gasteiger charge is -2.20. The molecular formula is C11H17N3OS. The van der Waals surface area contributed by atoms with Crippen molar-refractivity contribution in [1.29, 1.82) is 0 Å². The lowest BCUT2D eigenvalue weighted by atomic mass is 10.2. The number of amides is 1. The van der Waals surface area contributed by atoms with Gasteiger partial charge in [-0.3, -0.25) is 4.79 Å². The number of rotatable bonds is 5. The van der Waals surface area contributed by atoms with E-state index in [1.54, 1.807) is 4.90 Å². The van der Waals surface area contributed by atoms with Crippen LogP contribution in [-0.4, -0.2) is 28.9 Å². The lowest BCUT2D eigenvalue weighted by molar-refractivity contribution is -0.129. The average Bonchev–Trinajstić information content (AvgIpc) is 2.60. The summed E-state index contributed by atoms with van der Waals surface area (Å²) in [4.78, 5) is 17.7. The second-order valence-corrected chi connectivity index (χ2v) is 4.61. The molecule has 0 aromatic carbocycles. The minimum absolute atomic E-state index is 0.0656. The molecule has 1 amide bonds. The minimum Gasteiger partial charge on any atom is -0.375 e. The zero-order valence-corrected chi connectivity index (χ0v) is 10.5. The highest BCUT2D eigenvalue weighted by molar-refractivity contribution is 7.13. The van der Waals surface area contributed by atoms with Crippen LogP contribution < -0.4 is 5.73 Å². The Balaban J connectivity index is 2.59. The molecule has 5 heteroatoms. The van der Waals surface area contributed by atoms with Crippen LogP contribution in [0.15, 0.2) is 17.5 Å². The van der Waals surface area contributed by atoms with E-state index >= 15 is 0 Å². The van der Waals surface area contributed by atoms with Gasteiger partial charge in [0, 0.05) is 18.5 Å². The normalized spacial score (nSPS) is 10.1. The fraction of sp³-hybridized carbons (Fsp3) is 0.455. The first-order valence-corrected chi connectivity index (χ1v) is 6.03. The summed E-state index contributed by atoms with van der Waals surface area (Å²) >= 11 is 1.36. The molecule has 0 fully saturated rings. The van der Waals surface area contributed by atoms with E-state index in [1.807, 2.05) is 19.2 Å². The third-order valence-corrected chi connectivity index (χ3v) is 2.82. The molecule has 2 N–H and O–H groups in total. The fourth-order valence-electron chi connectivity index (χ4n) is 1.37. The molecule has 0 saturated carbocycles. The van der Waals surface area contributed by atoms with Crippen molar-refractivity contribution >= 4 is 22.4 Å². The van der Waals surface area contributed by atoms with Crippen molar-refractivity contribution in [3.63, 3.8) is 0 Å². The third kappa shape index (κ3) is 3.66. The van der Waals surface area contributed by atoms with E-state index in [4.69, 9.17) is 5.73 Å². The van der Waals surface area contributed by atoms with E-state index in [0.29, 0.717) is 24.6 Å². The smallest absolute Gasteiger partial charge is 0.228 e. The van der Waals surface area contributed by atoms with Crippen LogP contribution in [0.4, 0.5) is 5.13 Å². The van der Waals surface area contributed by atoms with Gasteiger partial charge < -0.3 is 10.6 Å². The van der Waals surface area contributed by atoms with Gasteiger partial charge >= 0.3 is 0 Å². The number of carbonyl (C=O) groups is 1. The van der Waals surface area contributed by atoms with Crippen LogP contribution in [0.3, 0.4) is 0 Å². The topological polar surface area (TPSA) is 59.2 Å². The van der Waals surface area contributed by atoms with Crippen molar-refractivity contribution in [2.45, 2.75) is 20.3 Å². The second kappa shape index (κ2) is 5.65. The lowest BCUT2D eigenvalue weighted by Crippen LogP contribution is -2.33. The highest BCUT2D eigenvalue weighted by atomic mass is 32.1. The number of aromatic nitrogens is 1. The molecular weight excluding hydrogens is 222 g/mol. The van der Waals surface area contributed by atoms with Crippen LogP contribution in [0, 0.1) is 0 Å². The zero-order valence-electron chi connectivity index (χ0n) is 9.69. The Bertz CT molecular complexity index is 386. The molecule has 1 heterocycles. The summed E-state index contributed by atoms with van der Waals surface area (Å²) < 4.78 is 0. The van der Waals surface area contributed by atoms with Gasteiger partial charge in [0.05, 0.1) is 12.1 Å². The van der Waals surface area contributed by atoms with E-state index in [-0.39, 0.29) is 5.91 Å². The van der Waals surface area contributed by atoms with E-state index < -0.39 is 0 Å². The number of thiazole rings is 1. The molecule has 1 rings (SSSR count). The number of likely N-dealkylation sites (N-methyl/N-ethyl adjacent to an activating group) is 1. The SMILES string of the molecule is C=C(C)CN(CC)C(=O)Cc1csc(N)n1. The summed E-state index contributed by atoms with van der Waals surface area (Å²) in [5, 5.41) is 2.33. The molecule has 0 aliphatic carbocycles. The molecule has 0 aliphatic rings. The van der Waals surface area contributed by atoms with E-state index in [0.717, 1.165) is 11.3 Å². The Morgan fingerprint density at radius 1 is 1.69 bits per heavy atom. The van der Waals surface area contributed by atoms with Gasteiger partial charge in [-0.1, -0.05) is 12.2 Å². The van der Waals surface area contributed by atoms with Crippen LogP contribution >= 0.6 is 11.3 Å². The predicted octanol–water partition coefficient (Wildman–Crippen LogP) is 1.69. The van der Waals surface area contributed by atoms with Crippen LogP contribution in [0.2, 0.25) is 0 Å². The van der Waals surface area contributed by atoms with Crippen molar-refractivity contribution in [2.24, 2.45) is 0 Å². The van der Waals surface area contributed by atoms with Crippen molar-refractivity contribution in [3.05, 3.63) is 23.2 Å². The molecule has 1 aromatic heterocycles. The van der Waals surface area contributed by atoms with E-state index in [1.165, 1.54) is 11.3 Å². The van der Waals surface area contributed by atoms with E-state index in [9.17, 15) is 4.79 Å². The number of anilines is 1. The summed E-state index contributed by atoms with van der Waals surface area (Å²) in [6.07, 6.45) is 0.314. The monoisotopic (exact) mass is 239 g/mol. The fourth-order valence-corrected chi connectivity index (χ4v) is 1.94. The van der Waals surface area contributed by atoms with Crippen LogP contribution in [0.5, 0.6) is 0 Å². The first-order valence-electron chi connectivity index (χ1n) is 5.15. The summed E-state index contributed by atoms with van der Waals surface area (Å²) in [7, 11) is 0. The van der Waals surface area contributed by atoms with Gasteiger partial charge in [0.15, 0.2) is 5.13 Å². The average molecular weight is 239 g/mol. The molecule has 4 nitrogen and oxygen atoms in total. The summed E-state index contributed by atoms with van der Waals surface area (Å²) in [6, 6.07) is 0. The Kier molecular flexibility index (Phi) is 4.49. The molecule has 0 atom stereocenters. The summed E-state index contributed by atoms with van der Waals surface area (Å²) in [5.74, 6) is 0.0656. The molecule has 0 saturated heterocycles. The highest BCUT2D eigenvalue weighted by Crippen LogP contribution is 2.12. The highest BCUT2D eigenvalue weighted by Gasteiger charge is 2.13. The molecule has 0 bridgehead atoms. The number of hydrogen-bond acceptors (Lipinski definition) is 4. The van der Waals surface area contributed by atoms with Gasteiger partial charge in [0.1, 0.15) is 0 Å². The second-order valence-electron chi connectivity index (χ2n) is 3.72. The molecule has 88 valence electrons. The standard InChI is InChI=1S/C11H17N3OS/c1-4-14(6-8(2)3)10(15)5-9-7-16-11(12)13-9/h7H,2,4-6H2,1,3H3,(H2,12,13). The molecule has 0 spiro atoms. The van der Waals surface area contributed by atoms with Crippen molar-refractivity contribution in [3.8, 4) is 0 Å². The van der Waals surface area contributed by atoms with Crippen molar-refractivity contribution in [2.75, 3.05) is 18.8 Å². The summed E-state index contributed by atoms with van der Waals surface area (Å²) in [5.41, 5.74) is 7.23. The Morgan fingerprint density at radius 2 is 2.38 bits per heavy atom. The van der Waals surface area contributed by atoms with Crippen molar-refractivity contribution in [1.82, 2.24) is 9.88 Å². The maximum Gasteiger partial charge on any atom is 0.228 e. The first kappa shape index (κ1) is 12.7. The number of nitrogens with zero attached hydrogens (tertiary/aromatic N) is 2. The number of nitrogens with two attached hydrogens (primary N) is 1.